The molecule has 3 nitrogen and oxygen atoms in total. The van der Waals surface area contributed by atoms with E-state index in [4.69, 9.17) is 11.6 Å². The third-order valence-corrected chi connectivity index (χ3v) is 2.39. The zero-order valence-corrected chi connectivity index (χ0v) is 9.20. The van der Waals surface area contributed by atoms with Gasteiger partial charge in [0, 0.05) is 0 Å². The molecule has 0 N–H and O–H groups in total. The van der Waals surface area contributed by atoms with Crippen LogP contribution < -0.4 is 0 Å². The van der Waals surface area contributed by atoms with Gasteiger partial charge in [0.1, 0.15) is 0 Å². The summed E-state index contributed by atoms with van der Waals surface area (Å²) in [6.45, 7) is 0. The van der Waals surface area contributed by atoms with E-state index in [0.717, 1.165) is 12.1 Å². The average molecular weight is 262 g/mol. The first kappa shape index (κ1) is 11.9. The Hall–Kier alpha value is -1.56. The molecule has 0 saturated carbocycles. The molecule has 1 aromatic carbocycles. The number of halogens is 4. The zero-order chi connectivity index (χ0) is 12.5. The fourth-order valence-corrected chi connectivity index (χ4v) is 1.43. The van der Waals surface area contributed by atoms with Gasteiger partial charge in [-0.15, -0.1) is 16.7 Å². The second-order valence-electron chi connectivity index (χ2n) is 3.34. The molecule has 17 heavy (non-hydrogen) atoms. The summed E-state index contributed by atoms with van der Waals surface area (Å²) < 4.78 is 38.7. The predicted octanol–water partition coefficient (Wildman–Crippen LogP) is 3.02. The molecule has 0 aliphatic rings. The van der Waals surface area contributed by atoms with Crippen LogP contribution in [0.1, 0.15) is 11.3 Å². The lowest BCUT2D eigenvalue weighted by molar-refractivity contribution is -0.137. The van der Waals surface area contributed by atoms with Crippen molar-refractivity contribution in [1.29, 1.82) is 0 Å². The minimum atomic E-state index is -4.37. The van der Waals surface area contributed by atoms with E-state index in [-0.39, 0.29) is 5.88 Å². The molecule has 1 aromatic heterocycles. The van der Waals surface area contributed by atoms with Gasteiger partial charge in [-0.05, 0) is 18.2 Å². The summed E-state index contributed by atoms with van der Waals surface area (Å²) in [7, 11) is 0. The van der Waals surface area contributed by atoms with E-state index in [1.165, 1.54) is 23.0 Å². The molecule has 0 fully saturated rings. The Bertz CT molecular complexity index is 522. The Kier molecular flexibility index (Phi) is 3.06. The Morgan fingerprint density at radius 2 is 2.06 bits per heavy atom. The van der Waals surface area contributed by atoms with Gasteiger partial charge in [-0.3, -0.25) is 0 Å². The summed E-state index contributed by atoms with van der Waals surface area (Å²) in [5, 5.41) is 7.40. The van der Waals surface area contributed by atoms with Crippen LogP contribution in [0.25, 0.3) is 5.69 Å². The van der Waals surface area contributed by atoms with Crippen molar-refractivity contribution in [1.82, 2.24) is 15.0 Å². The van der Waals surface area contributed by atoms with E-state index in [1.54, 1.807) is 0 Å². The molecule has 2 rings (SSSR count). The van der Waals surface area contributed by atoms with Gasteiger partial charge in [-0.25, -0.2) is 4.68 Å². The SMILES string of the molecule is FC(F)(F)c1cccc(-n2cc(CCl)nn2)c1. The van der Waals surface area contributed by atoms with Gasteiger partial charge in [0.15, 0.2) is 0 Å². The molecule has 0 bridgehead atoms. The van der Waals surface area contributed by atoms with Gasteiger partial charge in [-0.1, -0.05) is 11.3 Å². The summed E-state index contributed by atoms with van der Waals surface area (Å²) in [4.78, 5) is 0. The van der Waals surface area contributed by atoms with E-state index < -0.39 is 11.7 Å². The lowest BCUT2D eigenvalue weighted by Crippen LogP contribution is -2.06. The fourth-order valence-electron chi connectivity index (χ4n) is 1.31. The first-order chi connectivity index (χ1) is 8.00. The second kappa shape index (κ2) is 4.37. The van der Waals surface area contributed by atoms with Crippen molar-refractivity contribution in [2.45, 2.75) is 12.1 Å². The summed E-state index contributed by atoms with van der Waals surface area (Å²) in [6.07, 6.45) is -2.88. The molecular weight excluding hydrogens is 255 g/mol. The Balaban J connectivity index is 2.39. The fraction of sp³-hybridized carbons (Fsp3) is 0.200. The molecule has 1 heterocycles. The van der Waals surface area contributed by atoms with Gasteiger partial charge in [-0.2, -0.15) is 13.2 Å². The normalized spacial score (nSPS) is 11.8. The van der Waals surface area contributed by atoms with Crippen LogP contribution >= 0.6 is 11.6 Å². The first-order valence-corrected chi connectivity index (χ1v) is 5.19. The average Bonchev–Trinajstić information content (AvgIpc) is 2.76. The van der Waals surface area contributed by atoms with Crippen LogP contribution in [-0.2, 0) is 12.1 Å². The lowest BCUT2D eigenvalue weighted by atomic mass is 10.2. The third kappa shape index (κ3) is 2.58. The largest absolute Gasteiger partial charge is 0.416 e. The van der Waals surface area contributed by atoms with Gasteiger partial charge in [0.2, 0.25) is 0 Å². The molecule has 0 unspecified atom stereocenters. The van der Waals surface area contributed by atoms with Crippen LogP contribution in [0.2, 0.25) is 0 Å². The molecule has 0 saturated heterocycles. The number of hydrogen-bond donors (Lipinski definition) is 0. The molecule has 0 atom stereocenters. The van der Waals surface area contributed by atoms with Crippen LogP contribution in [0.5, 0.6) is 0 Å². The highest BCUT2D eigenvalue weighted by molar-refractivity contribution is 6.16. The standard InChI is InChI=1S/C10H7ClF3N3/c11-5-8-6-17(16-15-8)9-3-1-2-7(4-9)10(12,13)14/h1-4,6H,5H2. The van der Waals surface area contributed by atoms with Crippen LogP contribution in [0, 0.1) is 0 Å². The maximum absolute atomic E-state index is 12.5. The highest BCUT2D eigenvalue weighted by atomic mass is 35.5. The monoisotopic (exact) mass is 261 g/mol. The third-order valence-electron chi connectivity index (χ3n) is 2.12. The maximum atomic E-state index is 12.5. The maximum Gasteiger partial charge on any atom is 0.416 e. The molecule has 0 amide bonds. The lowest BCUT2D eigenvalue weighted by Gasteiger charge is -2.07. The number of alkyl halides is 4. The molecule has 0 aliphatic carbocycles. The van der Waals surface area contributed by atoms with Crippen LogP contribution in [0.15, 0.2) is 30.5 Å². The van der Waals surface area contributed by atoms with Crippen molar-refractivity contribution in [3.63, 3.8) is 0 Å². The van der Waals surface area contributed by atoms with Gasteiger partial charge >= 0.3 is 6.18 Å². The summed E-state index contributed by atoms with van der Waals surface area (Å²) in [5.74, 6) is 0.166. The second-order valence-corrected chi connectivity index (χ2v) is 3.60. The minimum Gasteiger partial charge on any atom is -0.220 e. The van der Waals surface area contributed by atoms with Crippen LogP contribution in [-0.4, -0.2) is 15.0 Å². The Labute approximate surface area is 99.8 Å². The predicted molar refractivity (Wildman–Crippen MR) is 55.9 cm³/mol. The molecular formula is C10H7ClF3N3. The molecule has 7 heteroatoms. The minimum absolute atomic E-state index is 0.166. The van der Waals surface area contributed by atoms with Gasteiger partial charge < -0.3 is 0 Å². The number of benzene rings is 1. The number of nitrogens with zero attached hydrogens (tertiary/aromatic N) is 3. The van der Waals surface area contributed by atoms with Crippen molar-refractivity contribution in [3.8, 4) is 5.69 Å². The molecule has 2 aromatic rings. The summed E-state index contributed by atoms with van der Waals surface area (Å²) >= 11 is 5.54. The highest BCUT2D eigenvalue weighted by Crippen LogP contribution is 2.30. The molecule has 0 radical (unpaired) electrons. The van der Waals surface area contributed by atoms with Crippen molar-refractivity contribution < 1.29 is 13.2 Å². The topological polar surface area (TPSA) is 30.7 Å². The van der Waals surface area contributed by atoms with Crippen molar-refractivity contribution in [2.75, 3.05) is 0 Å². The molecule has 0 spiro atoms. The Morgan fingerprint density at radius 3 is 2.65 bits per heavy atom. The van der Waals surface area contributed by atoms with Crippen LogP contribution in [0.3, 0.4) is 0 Å². The number of rotatable bonds is 2. The first-order valence-electron chi connectivity index (χ1n) is 4.65. The van der Waals surface area contributed by atoms with Gasteiger partial charge in [0.05, 0.1) is 29.0 Å². The summed E-state index contributed by atoms with van der Waals surface area (Å²) in [6, 6.07) is 4.84. The van der Waals surface area contributed by atoms with E-state index in [2.05, 4.69) is 10.3 Å². The van der Waals surface area contributed by atoms with E-state index in [1.807, 2.05) is 0 Å². The quantitative estimate of drug-likeness (QED) is 0.778. The highest BCUT2D eigenvalue weighted by Gasteiger charge is 2.30. The van der Waals surface area contributed by atoms with Gasteiger partial charge in [0.25, 0.3) is 0 Å². The zero-order valence-electron chi connectivity index (χ0n) is 8.45. The smallest absolute Gasteiger partial charge is 0.220 e. The van der Waals surface area contributed by atoms with E-state index in [0.29, 0.717) is 11.4 Å². The van der Waals surface area contributed by atoms with Crippen molar-refractivity contribution in [2.24, 2.45) is 0 Å². The van der Waals surface area contributed by atoms with E-state index >= 15 is 0 Å². The number of aromatic nitrogens is 3. The van der Waals surface area contributed by atoms with Crippen LogP contribution in [0.4, 0.5) is 13.2 Å². The molecule has 90 valence electrons. The summed E-state index contributed by atoms with van der Waals surface area (Å²) in [5.41, 5.74) is 0.0747. The Morgan fingerprint density at radius 1 is 1.29 bits per heavy atom. The van der Waals surface area contributed by atoms with E-state index in [9.17, 15) is 13.2 Å². The van der Waals surface area contributed by atoms with Crippen molar-refractivity contribution in [3.05, 3.63) is 41.7 Å². The van der Waals surface area contributed by atoms with Crippen molar-refractivity contribution >= 4 is 11.6 Å². The molecule has 0 aliphatic heterocycles. The number of hydrogen-bond acceptors (Lipinski definition) is 2.